The Balaban J connectivity index is 1.44. The Morgan fingerprint density at radius 3 is 2.67 bits per heavy atom. The van der Waals surface area contributed by atoms with Crippen molar-refractivity contribution < 1.29 is 22.7 Å². The van der Waals surface area contributed by atoms with E-state index in [1.54, 1.807) is 36.4 Å². The molecule has 2 fully saturated rings. The van der Waals surface area contributed by atoms with Crippen LogP contribution in [-0.4, -0.2) is 64.8 Å². The van der Waals surface area contributed by atoms with Gasteiger partial charge in [0.2, 0.25) is 11.9 Å². The van der Waals surface area contributed by atoms with Crippen molar-refractivity contribution in [2.45, 2.75) is 19.3 Å². The molecule has 9 nitrogen and oxygen atoms in total. The first kappa shape index (κ1) is 26.2. The standard InChI is InChI=1S/C28H28F3N7O2/c29-19-8-7-17(14-22(19)34-27(39)18-4-3-9-32-16-18)21-15-24(37-10-12-40-13-11-37)36-28(35-21)38-23-6-2-1-5-20(23)33-26(38)25(30)31/h1-2,5-8,14-15,18,25,32H,3-4,9-13,16H2,(H,34,39)/t18-/m1/s1. The van der Waals surface area contributed by atoms with Crippen molar-refractivity contribution >= 4 is 28.4 Å². The number of fused-ring (bicyclic) bond motifs is 1. The van der Waals surface area contributed by atoms with Crippen LogP contribution in [0.25, 0.3) is 28.2 Å². The number of rotatable bonds is 6. The number of imidazole rings is 1. The van der Waals surface area contributed by atoms with Crippen molar-refractivity contribution in [3.05, 3.63) is 60.2 Å². The number of carbonyl (C=O) groups excluding carboxylic acids is 1. The molecule has 0 unspecified atom stereocenters. The van der Waals surface area contributed by atoms with Crippen molar-refractivity contribution in [3.8, 4) is 17.2 Å². The molecule has 6 rings (SSSR count). The first-order chi connectivity index (χ1) is 19.5. The molecule has 4 heterocycles. The maximum Gasteiger partial charge on any atom is 0.296 e. The summed E-state index contributed by atoms with van der Waals surface area (Å²) in [4.78, 5) is 28.3. The fourth-order valence-electron chi connectivity index (χ4n) is 5.12. The molecule has 0 aliphatic carbocycles. The molecule has 0 radical (unpaired) electrons. The molecule has 2 aliphatic rings. The summed E-state index contributed by atoms with van der Waals surface area (Å²) >= 11 is 0. The number of hydrogen-bond donors (Lipinski definition) is 2. The quantitative estimate of drug-likeness (QED) is 0.368. The first-order valence-electron chi connectivity index (χ1n) is 13.3. The lowest BCUT2D eigenvalue weighted by Crippen LogP contribution is -2.37. The number of piperidine rings is 1. The number of ether oxygens (including phenoxy) is 1. The smallest absolute Gasteiger partial charge is 0.296 e. The van der Waals surface area contributed by atoms with E-state index in [0.717, 1.165) is 19.4 Å². The van der Waals surface area contributed by atoms with Gasteiger partial charge in [0, 0.05) is 31.3 Å². The van der Waals surface area contributed by atoms with Crippen LogP contribution in [0.5, 0.6) is 0 Å². The molecule has 1 atom stereocenters. The number of nitrogens with zero attached hydrogens (tertiary/aromatic N) is 5. The van der Waals surface area contributed by atoms with E-state index in [9.17, 15) is 18.0 Å². The molecule has 0 saturated carbocycles. The zero-order chi connectivity index (χ0) is 27.6. The molecule has 2 aromatic carbocycles. The van der Waals surface area contributed by atoms with Crippen molar-refractivity contribution in [2.24, 2.45) is 5.92 Å². The number of morpholine rings is 1. The third-order valence-corrected chi connectivity index (χ3v) is 7.21. The van der Waals surface area contributed by atoms with Crippen LogP contribution < -0.4 is 15.5 Å². The van der Waals surface area contributed by atoms with Crippen molar-refractivity contribution in [2.75, 3.05) is 49.6 Å². The Bertz CT molecular complexity index is 1530. The van der Waals surface area contributed by atoms with Crippen LogP contribution in [-0.2, 0) is 9.53 Å². The Labute approximate surface area is 228 Å². The highest BCUT2D eigenvalue weighted by molar-refractivity contribution is 5.93. The van der Waals surface area contributed by atoms with E-state index in [1.165, 1.54) is 16.7 Å². The average Bonchev–Trinajstić information content (AvgIpc) is 3.39. The molecule has 12 heteroatoms. The highest BCUT2D eigenvalue weighted by Gasteiger charge is 2.25. The molecule has 0 bridgehead atoms. The third kappa shape index (κ3) is 5.24. The van der Waals surface area contributed by atoms with Gasteiger partial charge in [-0.15, -0.1) is 0 Å². The summed E-state index contributed by atoms with van der Waals surface area (Å²) in [5, 5.41) is 5.91. The fraction of sp³-hybridized carbons (Fsp3) is 0.357. The first-order valence-corrected chi connectivity index (χ1v) is 13.3. The fourth-order valence-corrected chi connectivity index (χ4v) is 5.12. The van der Waals surface area contributed by atoms with Gasteiger partial charge in [0.15, 0.2) is 5.82 Å². The average molecular weight is 552 g/mol. The van der Waals surface area contributed by atoms with E-state index in [4.69, 9.17) is 4.74 Å². The third-order valence-electron chi connectivity index (χ3n) is 7.21. The summed E-state index contributed by atoms with van der Waals surface area (Å²) in [6, 6.07) is 12.9. The van der Waals surface area contributed by atoms with Gasteiger partial charge in [-0.3, -0.25) is 9.36 Å². The summed E-state index contributed by atoms with van der Waals surface area (Å²) in [6.45, 7) is 3.50. The van der Waals surface area contributed by atoms with Gasteiger partial charge in [-0.2, -0.15) is 4.98 Å². The molecule has 40 heavy (non-hydrogen) atoms. The van der Waals surface area contributed by atoms with Crippen LogP contribution >= 0.6 is 0 Å². The number of aromatic nitrogens is 4. The lowest BCUT2D eigenvalue weighted by atomic mass is 9.98. The number of benzene rings is 2. The Kier molecular flexibility index (Phi) is 7.35. The van der Waals surface area contributed by atoms with Gasteiger partial charge in [0.1, 0.15) is 11.6 Å². The van der Waals surface area contributed by atoms with Gasteiger partial charge < -0.3 is 20.3 Å². The van der Waals surface area contributed by atoms with E-state index in [0.29, 0.717) is 61.0 Å². The van der Waals surface area contributed by atoms with Gasteiger partial charge in [0.05, 0.1) is 41.5 Å². The number of carbonyl (C=O) groups is 1. The summed E-state index contributed by atoms with van der Waals surface area (Å²) in [5.74, 6) is -1.02. The number of para-hydroxylation sites is 2. The number of anilines is 2. The minimum absolute atomic E-state index is 0.0196. The number of hydrogen-bond acceptors (Lipinski definition) is 7. The highest BCUT2D eigenvalue weighted by atomic mass is 19.3. The lowest BCUT2D eigenvalue weighted by molar-refractivity contribution is -0.120. The monoisotopic (exact) mass is 551 g/mol. The summed E-state index contributed by atoms with van der Waals surface area (Å²) in [7, 11) is 0. The van der Waals surface area contributed by atoms with Crippen LogP contribution in [0.2, 0.25) is 0 Å². The van der Waals surface area contributed by atoms with Gasteiger partial charge >= 0.3 is 0 Å². The number of nitrogens with one attached hydrogen (secondary N) is 2. The molecule has 2 aliphatic heterocycles. The van der Waals surface area contributed by atoms with E-state index in [-0.39, 0.29) is 23.5 Å². The Morgan fingerprint density at radius 2 is 1.90 bits per heavy atom. The van der Waals surface area contributed by atoms with Crippen LogP contribution in [0.1, 0.15) is 25.1 Å². The van der Waals surface area contributed by atoms with Crippen molar-refractivity contribution in [1.29, 1.82) is 0 Å². The molecule has 2 aromatic heterocycles. The van der Waals surface area contributed by atoms with E-state index in [2.05, 4.69) is 25.6 Å². The highest BCUT2D eigenvalue weighted by Crippen LogP contribution is 2.31. The molecule has 2 N–H and O–H groups in total. The van der Waals surface area contributed by atoms with Crippen molar-refractivity contribution in [3.63, 3.8) is 0 Å². The van der Waals surface area contributed by atoms with Crippen LogP contribution in [0, 0.1) is 11.7 Å². The number of amides is 1. The Hall–Kier alpha value is -4.03. The summed E-state index contributed by atoms with van der Waals surface area (Å²) in [6.07, 6.45) is -1.27. The minimum Gasteiger partial charge on any atom is -0.378 e. The SMILES string of the molecule is O=C(Nc1cc(-c2cc(N3CCOCC3)nc(-n3c(C(F)F)nc4ccccc43)n2)ccc1F)[C@@H]1CCCNC1. The van der Waals surface area contributed by atoms with Crippen LogP contribution in [0.4, 0.5) is 24.7 Å². The molecule has 4 aromatic rings. The maximum absolute atomic E-state index is 14.8. The minimum atomic E-state index is -2.87. The predicted octanol–water partition coefficient (Wildman–Crippen LogP) is 4.33. The van der Waals surface area contributed by atoms with Gasteiger partial charge in [-0.1, -0.05) is 12.1 Å². The van der Waals surface area contributed by atoms with Gasteiger partial charge in [0.25, 0.3) is 6.43 Å². The van der Waals surface area contributed by atoms with Crippen molar-refractivity contribution in [1.82, 2.24) is 24.8 Å². The van der Waals surface area contributed by atoms with Gasteiger partial charge in [-0.05, 0) is 49.7 Å². The number of alkyl halides is 2. The summed E-state index contributed by atoms with van der Waals surface area (Å²) < 4.78 is 49.9. The second-order valence-corrected chi connectivity index (χ2v) is 9.83. The maximum atomic E-state index is 14.8. The zero-order valence-electron chi connectivity index (χ0n) is 21.6. The van der Waals surface area contributed by atoms with Crippen LogP contribution in [0.15, 0.2) is 48.5 Å². The molecule has 2 saturated heterocycles. The number of halogens is 3. The zero-order valence-corrected chi connectivity index (χ0v) is 21.6. The second-order valence-electron chi connectivity index (χ2n) is 9.83. The van der Waals surface area contributed by atoms with E-state index >= 15 is 0 Å². The molecule has 208 valence electrons. The van der Waals surface area contributed by atoms with Gasteiger partial charge in [-0.25, -0.2) is 23.1 Å². The predicted molar refractivity (Wildman–Crippen MR) is 144 cm³/mol. The lowest BCUT2D eigenvalue weighted by Gasteiger charge is -2.28. The van der Waals surface area contributed by atoms with Crippen LogP contribution in [0.3, 0.4) is 0 Å². The van der Waals surface area contributed by atoms with E-state index < -0.39 is 18.1 Å². The van der Waals surface area contributed by atoms with E-state index in [1.807, 2.05) is 4.90 Å². The molecular formula is C28H28F3N7O2. The topological polar surface area (TPSA) is 97.2 Å². The normalized spacial score (nSPS) is 17.9. The molecular weight excluding hydrogens is 523 g/mol. The second kappa shape index (κ2) is 11.2. The largest absolute Gasteiger partial charge is 0.378 e. The molecule has 0 spiro atoms. The summed E-state index contributed by atoms with van der Waals surface area (Å²) in [5.41, 5.74) is 1.75. The molecule has 1 amide bonds. The Morgan fingerprint density at radius 1 is 1.07 bits per heavy atom.